The summed E-state index contributed by atoms with van der Waals surface area (Å²) < 4.78 is 44.8. The molecule has 4 aromatic rings. The predicted octanol–water partition coefficient (Wildman–Crippen LogP) is 4.75. The average Bonchev–Trinajstić information content (AvgIpc) is 3.36. The van der Waals surface area contributed by atoms with Crippen molar-refractivity contribution in [3.05, 3.63) is 76.5 Å². The number of hydrogen-bond donors (Lipinski definition) is 0. The Morgan fingerprint density at radius 1 is 1.12 bits per heavy atom. The van der Waals surface area contributed by atoms with E-state index >= 15 is 0 Å². The number of benzene rings is 1. The van der Waals surface area contributed by atoms with Crippen LogP contribution in [0.25, 0.3) is 16.8 Å². The molecular weight excluding hydrogens is 443 g/mol. The maximum atomic E-state index is 14.0. The SMILES string of the molecule is Cc1ccn2ncc(C(=O)N3[C@H]4CCC[C@@H]3c3nn(C)c(-c5cc(F)c(F)c(F)c5)c3C4)c2c1. The smallest absolute Gasteiger partial charge is 0.258 e. The average molecular weight is 465 g/mol. The monoisotopic (exact) mass is 465 g/mol. The molecule has 2 atom stereocenters. The van der Waals surface area contributed by atoms with Crippen LogP contribution in [-0.2, 0) is 13.5 Å². The van der Waals surface area contributed by atoms with E-state index in [-0.39, 0.29) is 23.6 Å². The molecule has 1 aromatic carbocycles. The first-order valence-corrected chi connectivity index (χ1v) is 11.3. The normalized spacial score (nSPS) is 19.5. The third kappa shape index (κ3) is 2.99. The lowest BCUT2D eigenvalue weighted by atomic mass is 9.81. The van der Waals surface area contributed by atoms with E-state index in [1.165, 1.54) is 0 Å². The second-order valence-corrected chi connectivity index (χ2v) is 9.20. The highest BCUT2D eigenvalue weighted by Gasteiger charge is 2.44. The van der Waals surface area contributed by atoms with Gasteiger partial charge in [-0.25, -0.2) is 17.7 Å². The summed E-state index contributed by atoms with van der Waals surface area (Å²) in [6, 6.07) is 5.57. The van der Waals surface area contributed by atoms with Crippen LogP contribution in [0.1, 0.15) is 52.5 Å². The topological polar surface area (TPSA) is 55.4 Å². The van der Waals surface area contributed by atoms with Crippen LogP contribution >= 0.6 is 0 Å². The molecule has 2 aliphatic heterocycles. The van der Waals surface area contributed by atoms with Crippen molar-refractivity contribution in [3.63, 3.8) is 0 Å². The number of aromatic nitrogens is 4. The van der Waals surface area contributed by atoms with Crippen LogP contribution < -0.4 is 0 Å². The maximum Gasteiger partial charge on any atom is 0.258 e. The Morgan fingerprint density at radius 2 is 1.88 bits per heavy atom. The molecule has 6 rings (SSSR count). The van der Waals surface area contributed by atoms with Crippen molar-refractivity contribution in [2.75, 3.05) is 0 Å². The summed E-state index contributed by atoms with van der Waals surface area (Å²) in [7, 11) is 1.71. The van der Waals surface area contributed by atoms with Gasteiger partial charge in [0.1, 0.15) is 0 Å². The summed E-state index contributed by atoms with van der Waals surface area (Å²) in [6.45, 7) is 1.97. The summed E-state index contributed by atoms with van der Waals surface area (Å²) in [5, 5.41) is 9.03. The molecule has 34 heavy (non-hydrogen) atoms. The Morgan fingerprint density at radius 3 is 2.65 bits per heavy atom. The lowest BCUT2D eigenvalue weighted by molar-refractivity contribution is 0.0394. The molecule has 0 spiro atoms. The number of amides is 1. The Kier molecular flexibility index (Phi) is 4.59. The van der Waals surface area contributed by atoms with E-state index in [9.17, 15) is 18.0 Å². The number of fused-ring (bicyclic) bond motifs is 5. The molecule has 0 radical (unpaired) electrons. The molecule has 6 nitrogen and oxygen atoms in total. The Hall–Kier alpha value is -3.62. The second kappa shape index (κ2) is 7.44. The number of hydrogen-bond acceptors (Lipinski definition) is 3. The van der Waals surface area contributed by atoms with Crippen molar-refractivity contribution < 1.29 is 18.0 Å². The van der Waals surface area contributed by atoms with E-state index in [4.69, 9.17) is 0 Å². The quantitative estimate of drug-likeness (QED) is 0.402. The van der Waals surface area contributed by atoms with Crippen molar-refractivity contribution in [1.29, 1.82) is 0 Å². The highest BCUT2D eigenvalue weighted by atomic mass is 19.2. The van der Waals surface area contributed by atoms with Gasteiger partial charge in [-0.1, -0.05) is 0 Å². The van der Waals surface area contributed by atoms with Crippen LogP contribution in [0.3, 0.4) is 0 Å². The molecule has 1 saturated heterocycles. The number of rotatable bonds is 2. The molecule has 3 aromatic heterocycles. The highest BCUT2D eigenvalue weighted by molar-refractivity contribution is 6.01. The fraction of sp³-hybridized carbons (Fsp3) is 0.320. The van der Waals surface area contributed by atoms with Crippen LogP contribution in [0.2, 0.25) is 0 Å². The molecule has 0 unspecified atom stereocenters. The summed E-state index contributed by atoms with van der Waals surface area (Å²) in [5.41, 5.74) is 4.74. The third-order valence-electron chi connectivity index (χ3n) is 7.08. The van der Waals surface area contributed by atoms with Gasteiger partial charge in [-0.3, -0.25) is 9.48 Å². The van der Waals surface area contributed by atoms with Gasteiger partial charge in [0.2, 0.25) is 0 Å². The zero-order valence-corrected chi connectivity index (χ0v) is 18.7. The van der Waals surface area contributed by atoms with E-state index in [1.54, 1.807) is 22.4 Å². The molecule has 1 amide bonds. The van der Waals surface area contributed by atoms with Crippen molar-refractivity contribution in [2.45, 2.75) is 44.7 Å². The third-order valence-corrected chi connectivity index (χ3v) is 7.08. The molecule has 0 N–H and O–H groups in total. The van der Waals surface area contributed by atoms with Crippen molar-refractivity contribution in [2.24, 2.45) is 7.05 Å². The van der Waals surface area contributed by atoms with Crippen LogP contribution in [0.5, 0.6) is 0 Å². The fourth-order valence-corrected chi connectivity index (χ4v) is 5.59. The lowest BCUT2D eigenvalue weighted by Crippen LogP contribution is -2.49. The number of carbonyl (C=O) groups excluding carboxylic acids is 1. The Labute approximate surface area is 193 Å². The zero-order valence-electron chi connectivity index (χ0n) is 18.7. The Bertz CT molecular complexity index is 1450. The number of halogens is 3. The van der Waals surface area contributed by atoms with Crippen LogP contribution in [0, 0.1) is 24.4 Å². The fourth-order valence-electron chi connectivity index (χ4n) is 5.59. The number of pyridine rings is 1. The van der Waals surface area contributed by atoms with Gasteiger partial charge in [-0.2, -0.15) is 10.2 Å². The van der Waals surface area contributed by atoms with E-state index in [0.717, 1.165) is 53.7 Å². The predicted molar refractivity (Wildman–Crippen MR) is 119 cm³/mol. The summed E-state index contributed by atoms with van der Waals surface area (Å²) in [6.07, 6.45) is 6.48. The minimum Gasteiger partial charge on any atom is -0.327 e. The summed E-state index contributed by atoms with van der Waals surface area (Å²) >= 11 is 0. The second-order valence-electron chi connectivity index (χ2n) is 9.20. The van der Waals surface area contributed by atoms with E-state index in [1.807, 2.05) is 30.2 Å². The van der Waals surface area contributed by atoms with Crippen molar-refractivity contribution in [1.82, 2.24) is 24.3 Å². The van der Waals surface area contributed by atoms with Crippen molar-refractivity contribution >= 4 is 11.4 Å². The van der Waals surface area contributed by atoms with Gasteiger partial charge in [0.25, 0.3) is 5.91 Å². The van der Waals surface area contributed by atoms with Gasteiger partial charge in [0.15, 0.2) is 17.5 Å². The number of piperidine rings is 1. The first-order chi connectivity index (χ1) is 16.3. The highest BCUT2D eigenvalue weighted by Crippen LogP contribution is 2.45. The Balaban J connectivity index is 1.45. The molecule has 2 aliphatic rings. The summed E-state index contributed by atoms with van der Waals surface area (Å²) in [4.78, 5) is 15.7. The van der Waals surface area contributed by atoms with Crippen LogP contribution in [0.15, 0.2) is 36.7 Å². The first-order valence-electron chi connectivity index (χ1n) is 11.3. The summed E-state index contributed by atoms with van der Waals surface area (Å²) in [5.74, 6) is -4.05. The molecule has 174 valence electrons. The minimum absolute atomic E-state index is 0.0726. The van der Waals surface area contributed by atoms with Gasteiger partial charge in [-0.15, -0.1) is 0 Å². The standard InChI is InChI=1S/C25H22F3N5O/c1-13-6-7-32-21(8-13)17(12-29-32)25(34)33-15-4-3-5-20(33)23-16(11-15)24(31(2)30-23)14-9-18(26)22(28)19(27)10-14/h6-10,12,15,20H,3-5,11H2,1-2H3/t15-,20+/m0/s1. The maximum absolute atomic E-state index is 14.0. The molecule has 9 heteroatoms. The van der Waals surface area contributed by atoms with E-state index in [0.29, 0.717) is 17.7 Å². The molecule has 1 fully saturated rings. The molecule has 5 heterocycles. The number of nitrogens with zero attached hydrogens (tertiary/aromatic N) is 5. The number of carbonyl (C=O) groups is 1. The van der Waals surface area contributed by atoms with Gasteiger partial charge >= 0.3 is 0 Å². The zero-order chi connectivity index (χ0) is 23.7. The van der Waals surface area contributed by atoms with Gasteiger partial charge < -0.3 is 4.90 Å². The largest absolute Gasteiger partial charge is 0.327 e. The lowest BCUT2D eigenvalue weighted by Gasteiger charge is -2.45. The van der Waals surface area contributed by atoms with Gasteiger partial charge in [0, 0.05) is 30.4 Å². The van der Waals surface area contributed by atoms with Gasteiger partial charge in [0.05, 0.1) is 34.7 Å². The van der Waals surface area contributed by atoms with E-state index in [2.05, 4.69) is 10.2 Å². The van der Waals surface area contributed by atoms with E-state index < -0.39 is 17.5 Å². The molecular formula is C25H22F3N5O. The van der Waals surface area contributed by atoms with Gasteiger partial charge in [-0.05, 0) is 62.4 Å². The molecule has 0 aliphatic carbocycles. The minimum atomic E-state index is -1.49. The van der Waals surface area contributed by atoms with Crippen LogP contribution in [-0.4, -0.2) is 36.2 Å². The first kappa shape index (κ1) is 20.9. The molecule has 0 saturated carbocycles. The number of aryl methyl sites for hydroxylation is 2. The van der Waals surface area contributed by atoms with Crippen LogP contribution in [0.4, 0.5) is 13.2 Å². The van der Waals surface area contributed by atoms with Crippen molar-refractivity contribution in [3.8, 4) is 11.3 Å². The molecule has 2 bridgehead atoms.